The first-order valence-corrected chi connectivity index (χ1v) is 6.14. The predicted molar refractivity (Wildman–Crippen MR) is 78.3 cm³/mol. The summed E-state index contributed by atoms with van der Waals surface area (Å²) in [5.41, 5.74) is 14.6. The summed E-state index contributed by atoms with van der Waals surface area (Å²) in [5, 5.41) is 0.323. The summed E-state index contributed by atoms with van der Waals surface area (Å²) >= 11 is 6.10. The van der Waals surface area contributed by atoms with Crippen LogP contribution in [-0.4, -0.2) is 12.0 Å². The molecule has 4 N–H and O–H groups in total. The van der Waals surface area contributed by atoms with Gasteiger partial charge < -0.3 is 16.3 Å². The molecule has 1 aliphatic rings. The largest absolute Gasteiger partial charge is 0.399 e. The predicted octanol–water partition coefficient (Wildman–Crippen LogP) is 2.53. The van der Waals surface area contributed by atoms with Crippen molar-refractivity contribution in [1.29, 1.82) is 0 Å². The van der Waals surface area contributed by atoms with Gasteiger partial charge in [0.15, 0.2) is 0 Å². The molecule has 1 aromatic rings. The van der Waals surface area contributed by atoms with Crippen LogP contribution in [0.25, 0.3) is 0 Å². The second-order valence-corrected chi connectivity index (χ2v) is 4.76. The van der Waals surface area contributed by atoms with E-state index in [1.165, 1.54) is 0 Å². The number of hydrogen-bond acceptors (Lipinski definition) is 4. The average Bonchev–Trinajstić information content (AvgIpc) is 2.39. The summed E-state index contributed by atoms with van der Waals surface area (Å²) in [4.78, 5) is 15.4. The molecule has 0 saturated heterocycles. The van der Waals surface area contributed by atoms with Crippen molar-refractivity contribution in [1.82, 2.24) is 0 Å². The van der Waals surface area contributed by atoms with Crippen molar-refractivity contribution in [3.05, 3.63) is 46.6 Å². The number of carbonyl (C=O) groups is 1. The Bertz CT molecular complexity index is 600. The highest BCUT2D eigenvalue weighted by Crippen LogP contribution is 2.29. The minimum atomic E-state index is -0.466. The van der Waals surface area contributed by atoms with Crippen molar-refractivity contribution < 1.29 is 4.79 Å². The highest BCUT2D eigenvalue weighted by Gasteiger charge is 2.23. The molecular weight excluding hydrogens is 262 g/mol. The standard InChI is InChI=1S/C14H14ClN3O/c1-8-6-12(14(17)13(15)11(8)7-19)18-10-4-2-9(16)3-5-10/h2-7,11H,16-17H2,1H3/b18-12-. The van der Waals surface area contributed by atoms with E-state index in [1.54, 1.807) is 30.3 Å². The minimum absolute atomic E-state index is 0.323. The van der Waals surface area contributed by atoms with Crippen LogP contribution in [0.1, 0.15) is 6.92 Å². The molecule has 0 aliphatic heterocycles. The van der Waals surface area contributed by atoms with Crippen LogP contribution < -0.4 is 11.5 Å². The number of nitrogen functional groups attached to an aromatic ring is 1. The van der Waals surface area contributed by atoms with E-state index in [0.717, 1.165) is 17.5 Å². The Hall–Kier alpha value is -2.07. The quantitative estimate of drug-likeness (QED) is 0.643. The summed E-state index contributed by atoms with van der Waals surface area (Å²) < 4.78 is 0. The zero-order valence-electron chi connectivity index (χ0n) is 10.4. The Kier molecular flexibility index (Phi) is 3.71. The fourth-order valence-electron chi connectivity index (χ4n) is 1.82. The summed E-state index contributed by atoms with van der Waals surface area (Å²) in [5.74, 6) is -0.466. The fourth-order valence-corrected chi connectivity index (χ4v) is 2.14. The lowest BCUT2D eigenvalue weighted by Gasteiger charge is -2.19. The summed E-state index contributed by atoms with van der Waals surface area (Å²) in [6.45, 7) is 1.83. The van der Waals surface area contributed by atoms with Gasteiger partial charge in [0.2, 0.25) is 0 Å². The summed E-state index contributed by atoms with van der Waals surface area (Å²) in [6, 6.07) is 7.10. The van der Waals surface area contributed by atoms with Gasteiger partial charge in [-0.25, -0.2) is 4.99 Å². The molecule has 0 aromatic heterocycles. The molecule has 0 saturated carbocycles. The van der Waals surface area contributed by atoms with Gasteiger partial charge in [-0.3, -0.25) is 0 Å². The number of carbonyl (C=O) groups excluding carboxylic acids is 1. The van der Waals surface area contributed by atoms with Gasteiger partial charge in [0.25, 0.3) is 0 Å². The number of rotatable bonds is 2. The molecule has 0 bridgehead atoms. The van der Waals surface area contributed by atoms with Crippen LogP contribution in [0.3, 0.4) is 0 Å². The Morgan fingerprint density at radius 2 is 1.89 bits per heavy atom. The molecular formula is C14H14ClN3O. The molecule has 1 atom stereocenters. The van der Waals surface area contributed by atoms with Crippen LogP contribution in [-0.2, 0) is 4.79 Å². The minimum Gasteiger partial charge on any atom is -0.399 e. The number of benzene rings is 1. The van der Waals surface area contributed by atoms with E-state index >= 15 is 0 Å². The monoisotopic (exact) mass is 275 g/mol. The lowest BCUT2D eigenvalue weighted by Crippen LogP contribution is -2.21. The fraction of sp³-hybridized carbons (Fsp3) is 0.143. The van der Waals surface area contributed by atoms with E-state index in [4.69, 9.17) is 23.1 Å². The molecule has 0 fully saturated rings. The van der Waals surface area contributed by atoms with Crippen LogP contribution in [0.4, 0.5) is 11.4 Å². The van der Waals surface area contributed by atoms with Crippen LogP contribution in [0, 0.1) is 5.92 Å². The van der Waals surface area contributed by atoms with Gasteiger partial charge in [0.1, 0.15) is 6.29 Å². The van der Waals surface area contributed by atoms with Crippen molar-refractivity contribution in [2.75, 3.05) is 5.73 Å². The van der Waals surface area contributed by atoms with Gasteiger partial charge in [-0.1, -0.05) is 17.2 Å². The average molecular weight is 276 g/mol. The maximum Gasteiger partial charge on any atom is 0.132 e. The third kappa shape index (κ3) is 2.69. The molecule has 0 heterocycles. The highest BCUT2D eigenvalue weighted by atomic mass is 35.5. The van der Waals surface area contributed by atoms with E-state index < -0.39 is 5.92 Å². The normalized spacial score (nSPS) is 21.5. The Balaban J connectivity index is 2.43. The van der Waals surface area contributed by atoms with Crippen molar-refractivity contribution in [3.63, 3.8) is 0 Å². The number of hydrogen-bond donors (Lipinski definition) is 2. The number of nitrogens with zero attached hydrogens (tertiary/aromatic N) is 1. The maximum atomic E-state index is 11.0. The number of aldehydes is 1. The molecule has 1 aromatic carbocycles. The third-order valence-electron chi connectivity index (χ3n) is 2.94. The van der Waals surface area contributed by atoms with Gasteiger partial charge in [-0.15, -0.1) is 0 Å². The molecule has 0 radical (unpaired) electrons. The zero-order chi connectivity index (χ0) is 14.0. The molecule has 0 spiro atoms. The van der Waals surface area contributed by atoms with Gasteiger partial charge >= 0.3 is 0 Å². The summed E-state index contributed by atoms with van der Waals surface area (Å²) in [7, 11) is 0. The molecule has 19 heavy (non-hydrogen) atoms. The summed E-state index contributed by atoms with van der Waals surface area (Å²) in [6.07, 6.45) is 2.55. The molecule has 4 nitrogen and oxygen atoms in total. The molecule has 0 amide bonds. The van der Waals surface area contributed by atoms with E-state index in [-0.39, 0.29) is 0 Å². The zero-order valence-corrected chi connectivity index (χ0v) is 11.2. The second kappa shape index (κ2) is 5.28. The number of allylic oxidation sites excluding steroid dienone is 3. The van der Waals surface area contributed by atoms with E-state index in [9.17, 15) is 4.79 Å². The molecule has 5 heteroatoms. The van der Waals surface area contributed by atoms with E-state index in [1.807, 2.05) is 6.92 Å². The SMILES string of the molecule is CC1=C/C(=N/c2ccc(N)cc2)C(N)=C(Cl)C1C=O. The molecule has 1 aliphatic carbocycles. The first-order valence-electron chi connectivity index (χ1n) is 5.76. The van der Waals surface area contributed by atoms with Crippen molar-refractivity contribution >= 4 is 35.0 Å². The van der Waals surface area contributed by atoms with Crippen LogP contribution in [0.2, 0.25) is 0 Å². The van der Waals surface area contributed by atoms with Crippen molar-refractivity contribution in [2.45, 2.75) is 6.92 Å². The van der Waals surface area contributed by atoms with E-state index in [2.05, 4.69) is 4.99 Å². The van der Waals surface area contributed by atoms with Crippen molar-refractivity contribution in [3.8, 4) is 0 Å². The molecule has 2 rings (SSSR count). The smallest absolute Gasteiger partial charge is 0.132 e. The third-order valence-corrected chi connectivity index (χ3v) is 3.38. The van der Waals surface area contributed by atoms with Crippen molar-refractivity contribution in [2.24, 2.45) is 16.6 Å². The molecule has 98 valence electrons. The second-order valence-electron chi connectivity index (χ2n) is 4.35. The van der Waals surface area contributed by atoms with Crippen LogP contribution in [0.5, 0.6) is 0 Å². The number of halogens is 1. The topological polar surface area (TPSA) is 81.5 Å². The van der Waals surface area contributed by atoms with Gasteiger partial charge in [-0.05, 0) is 37.3 Å². The van der Waals surface area contributed by atoms with Crippen LogP contribution >= 0.6 is 11.6 Å². The van der Waals surface area contributed by atoms with Gasteiger partial charge in [-0.2, -0.15) is 0 Å². The lowest BCUT2D eigenvalue weighted by molar-refractivity contribution is -0.109. The number of anilines is 1. The molecule has 1 unspecified atom stereocenters. The van der Waals surface area contributed by atoms with Crippen LogP contribution in [0.15, 0.2) is 51.6 Å². The first-order chi connectivity index (χ1) is 9.02. The Labute approximate surface area is 116 Å². The Morgan fingerprint density at radius 3 is 2.47 bits per heavy atom. The maximum absolute atomic E-state index is 11.0. The highest BCUT2D eigenvalue weighted by molar-refractivity contribution is 6.35. The number of aliphatic imine (C=N–C) groups is 1. The number of nitrogens with two attached hydrogens (primary N) is 2. The van der Waals surface area contributed by atoms with E-state index in [0.29, 0.717) is 22.1 Å². The van der Waals surface area contributed by atoms with Gasteiger partial charge in [0, 0.05) is 5.69 Å². The Morgan fingerprint density at radius 1 is 1.26 bits per heavy atom. The lowest BCUT2D eigenvalue weighted by atomic mass is 9.93. The first kappa shape index (κ1) is 13.4. The van der Waals surface area contributed by atoms with Gasteiger partial charge in [0.05, 0.1) is 28.0 Å².